The fourth-order valence-corrected chi connectivity index (χ4v) is 2.59. The van der Waals surface area contributed by atoms with Crippen molar-refractivity contribution in [2.24, 2.45) is 0 Å². The highest BCUT2D eigenvalue weighted by molar-refractivity contribution is 6.04. The predicted molar refractivity (Wildman–Crippen MR) is 106 cm³/mol. The minimum absolute atomic E-state index is 0.0180. The molecule has 0 spiro atoms. The first-order valence-electron chi connectivity index (χ1n) is 8.46. The normalized spacial score (nSPS) is 10.7. The van der Waals surface area contributed by atoms with Crippen LogP contribution in [0.1, 0.15) is 11.3 Å². The third-order valence-electron chi connectivity index (χ3n) is 4.01. The molecule has 0 aliphatic carbocycles. The monoisotopic (exact) mass is 375 g/mol. The highest BCUT2D eigenvalue weighted by Gasteiger charge is 2.17. The molecule has 2 aromatic carbocycles. The van der Waals surface area contributed by atoms with E-state index in [4.69, 9.17) is 0 Å². The quantitative estimate of drug-likeness (QED) is 0.400. The predicted octanol–water partition coefficient (Wildman–Crippen LogP) is 3.94. The number of phenolic OH excluding ortho intramolecular Hbond substituents is 1. The Labute approximate surface area is 161 Å². The molecule has 7 nitrogen and oxygen atoms in total. The standard InChI is InChI=1S/C21H17N3O4/c25-20-7-2-1-6-19(20)23(15-17-5-3-4-14-22-17)21(26)13-10-16-8-11-18(12-9-16)24(27)28/h1-14,25H,15H2/b13-10+. The molecule has 0 atom stereocenters. The number of hydrogen-bond donors (Lipinski definition) is 1. The summed E-state index contributed by atoms with van der Waals surface area (Å²) in [5, 5.41) is 20.9. The number of nitrogens with zero attached hydrogens (tertiary/aromatic N) is 3. The van der Waals surface area contributed by atoms with Crippen molar-refractivity contribution >= 4 is 23.4 Å². The average molecular weight is 375 g/mol. The van der Waals surface area contributed by atoms with Gasteiger partial charge in [-0.05, 0) is 48.0 Å². The summed E-state index contributed by atoms with van der Waals surface area (Å²) in [6, 6.07) is 17.8. The van der Waals surface area contributed by atoms with Gasteiger partial charge >= 0.3 is 0 Å². The zero-order chi connectivity index (χ0) is 19.9. The lowest BCUT2D eigenvalue weighted by molar-refractivity contribution is -0.384. The molecule has 3 rings (SSSR count). The van der Waals surface area contributed by atoms with Gasteiger partial charge in [-0.25, -0.2) is 0 Å². The Bertz CT molecular complexity index is 1000. The zero-order valence-corrected chi connectivity index (χ0v) is 14.8. The highest BCUT2D eigenvalue weighted by Crippen LogP contribution is 2.28. The molecule has 0 saturated heterocycles. The van der Waals surface area contributed by atoms with Gasteiger partial charge in [-0.15, -0.1) is 0 Å². The molecule has 0 saturated carbocycles. The topological polar surface area (TPSA) is 96.6 Å². The van der Waals surface area contributed by atoms with Crippen LogP contribution < -0.4 is 4.90 Å². The molecule has 0 aliphatic heterocycles. The molecule has 0 bridgehead atoms. The largest absolute Gasteiger partial charge is 0.506 e. The number of carbonyl (C=O) groups excluding carboxylic acids is 1. The van der Waals surface area contributed by atoms with E-state index >= 15 is 0 Å². The van der Waals surface area contributed by atoms with Gasteiger partial charge in [0.15, 0.2) is 0 Å². The first kappa shape index (κ1) is 18.8. The maximum atomic E-state index is 12.8. The smallest absolute Gasteiger partial charge is 0.269 e. The highest BCUT2D eigenvalue weighted by atomic mass is 16.6. The van der Waals surface area contributed by atoms with Crippen LogP contribution in [0.4, 0.5) is 11.4 Å². The second kappa shape index (κ2) is 8.59. The van der Waals surface area contributed by atoms with Crippen LogP contribution in [0.3, 0.4) is 0 Å². The number of carbonyl (C=O) groups is 1. The summed E-state index contributed by atoms with van der Waals surface area (Å²) in [4.78, 5) is 28.7. The van der Waals surface area contributed by atoms with Gasteiger partial charge in [-0.1, -0.05) is 18.2 Å². The number of aromatic nitrogens is 1. The number of hydrogen-bond acceptors (Lipinski definition) is 5. The van der Waals surface area contributed by atoms with Crippen LogP contribution in [0.2, 0.25) is 0 Å². The van der Waals surface area contributed by atoms with Crippen LogP contribution in [0.5, 0.6) is 5.75 Å². The van der Waals surface area contributed by atoms with Crippen molar-refractivity contribution in [2.75, 3.05) is 4.90 Å². The number of pyridine rings is 1. The molecule has 7 heteroatoms. The van der Waals surface area contributed by atoms with Gasteiger partial charge in [-0.3, -0.25) is 24.8 Å². The number of non-ortho nitro benzene ring substituents is 1. The minimum Gasteiger partial charge on any atom is -0.506 e. The van der Waals surface area contributed by atoms with Gasteiger partial charge in [0.25, 0.3) is 11.6 Å². The van der Waals surface area contributed by atoms with Crippen molar-refractivity contribution < 1.29 is 14.8 Å². The summed E-state index contributed by atoms with van der Waals surface area (Å²) in [7, 11) is 0. The molecule has 0 fully saturated rings. The van der Waals surface area contributed by atoms with Gasteiger partial charge in [0.2, 0.25) is 0 Å². The van der Waals surface area contributed by atoms with Crippen molar-refractivity contribution in [1.29, 1.82) is 0 Å². The number of amides is 1. The molecule has 1 heterocycles. The fraction of sp³-hybridized carbons (Fsp3) is 0.0476. The number of phenols is 1. The van der Waals surface area contributed by atoms with Crippen molar-refractivity contribution in [3.63, 3.8) is 0 Å². The maximum Gasteiger partial charge on any atom is 0.269 e. The van der Waals surface area contributed by atoms with E-state index in [-0.39, 0.29) is 23.9 Å². The second-order valence-corrected chi connectivity index (χ2v) is 5.92. The number of nitro groups is 1. The lowest BCUT2D eigenvalue weighted by atomic mass is 10.2. The van der Waals surface area contributed by atoms with Gasteiger partial charge in [0.1, 0.15) is 5.75 Å². The zero-order valence-electron chi connectivity index (χ0n) is 14.8. The molecule has 1 amide bonds. The van der Waals surface area contributed by atoms with E-state index in [1.807, 2.05) is 6.07 Å². The molecule has 1 aromatic heterocycles. The molecule has 140 valence electrons. The molecular formula is C21H17N3O4. The van der Waals surface area contributed by atoms with E-state index < -0.39 is 4.92 Å². The Hall–Kier alpha value is -4.00. The Morgan fingerprint density at radius 1 is 1.07 bits per heavy atom. The SMILES string of the molecule is O=C(/C=C/c1ccc([N+](=O)[O-])cc1)N(Cc1ccccn1)c1ccccc1O. The lowest BCUT2D eigenvalue weighted by Gasteiger charge is -2.22. The summed E-state index contributed by atoms with van der Waals surface area (Å²) >= 11 is 0. The number of aromatic hydroxyl groups is 1. The first-order chi connectivity index (χ1) is 13.5. The van der Waals surface area contributed by atoms with E-state index in [9.17, 15) is 20.0 Å². The van der Waals surface area contributed by atoms with Gasteiger partial charge in [-0.2, -0.15) is 0 Å². The molecule has 28 heavy (non-hydrogen) atoms. The van der Waals surface area contributed by atoms with E-state index in [1.165, 1.54) is 29.2 Å². The van der Waals surface area contributed by atoms with Gasteiger partial charge in [0.05, 0.1) is 22.8 Å². The number of para-hydroxylation sites is 2. The third-order valence-corrected chi connectivity index (χ3v) is 4.01. The van der Waals surface area contributed by atoms with Crippen LogP contribution in [0, 0.1) is 10.1 Å². The van der Waals surface area contributed by atoms with Crippen LogP contribution in [-0.4, -0.2) is 20.9 Å². The number of rotatable bonds is 6. The summed E-state index contributed by atoms with van der Waals surface area (Å²) in [5.41, 5.74) is 1.66. The van der Waals surface area contributed by atoms with Crippen molar-refractivity contribution in [3.05, 3.63) is 100 Å². The summed E-state index contributed by atoms with van der Waals surface area (Å²) in [6.45, 7) is 0.182. The second-order valence-electron chi connectivity index (χ2n) is 5.92. The van der Waals surface area contributed by atoms with E-state index in [2.05, 4.69) is 4.98 Å². The molecule has 0 aliphatic rings. The van der Waals surface area contributed by atoms with Crippen LogP contribution in [0.15, 0.2) is 79.0 Å². The van der Waals surface area contributed by atoms with Gasteiger partial charge < -0.3 is 5.11 Å². The Morgan fingerprint density at radius 3 is 2.43 bits per heavy atom. The summed E-state index contributed by atoms with van der Waals surface area (Å²) in [6.07, 6.45) is 4.56. The maximum absolute atomic E-state index is 12.8. The average Bonchev–Trinajstić information content (AvgIpc) is 2.72. The molecule has 3 aromatic rings. The molecular weight excluding hydrogens is 358 g/mol. The fourth-order valence-electron chi connectivity index (χ4n) is 2.59. The van der Waals surface area contributed by atoms with E-state index in [0.29, 0.717) is 16.9 Å². The van der Waals surface area contributed by atoms with Crippen LogP contribution in [0.25, 0.3) is 6.08 Å². The Kier molecular flexibility index (Phi) is 5.76. The van der Waals surface area contributed by atoms with Crippen molar-refractivity contribution in [2.45, 2.75) is 6.54 Å². The van der Waals surface area contributed by atoms with Crippen LogP contribution >= 0.6 is 0 Å². The Morgan fingerprint density at radius 2 is 1.79 bits per heavy atom. The number of nitro benzene ring substituents is 1. The van der Waals surface area contributed by atoms with Crippen molar-refractivity contribution in [3.8, 4) is 5.75 Å². The number of anilines is 1. The molecule has 0 radical (unpaired) electrons. The number of benzene rings is 2. The molecule has 1 N–H and O–H groups in total. The van der Waals surface area contributed by atoms with E-state index in [1.54, 1.807) is 54.7 Å². The van der Waals surface area contributed by atoms with Crippen molar-refractivity contribution in [1.82, 2.24) is 4.98 Å². The minimum atomic E-state index is -0.481. The van der Waals surface area contributed by atoms with Gasteiger partial charge in [0, 0.05) is 24.4 Å². The van der Waals surface area contributed by atoms with E-state index in [0.717, 1.165) is 0 Å². The Balaban J connectivity index is 1.85. The first-order valence-corrected chi connectivity index (χ1v) is 8.46. The van der Waals surface area contributed by atoms with Crippen LogP contribution in [-0.2, 0) is 11.3 Å². The molecule has 0 unspecified atom stereocenters. The lowest BCUT2D eigenvalue weighted by Crippen LogP contribution is -2.29. The third kappa shape index (κ3) is 4.59. The summed E-state index contributed by atoms with van der Waals surface area (Å²) < 4.78 is 0. The summed E-state index contributed by atoms with van der Waals surface area (Å²) in [5.74, 6) is -0.374.